The molecule has 0 amide bonds. The predicted molar refractivity (Wildman–Crippen MR) is 48.7 cm³/mol. The largest absolute Gasteiger partial charge is 0.494 e. The van der Waals surface area contributed by atoms with Gasteiger partial charge in [-0.1, -0.05) is 18.2 Å². The first-order valence-corrected chi connectivity index (χ1v) is 4.45. The zero-order chi connectivity index (χ0) is 8.55. The summed E-state index contributed by atoms with van der Waals surface area (Å²) in [5, 5.41) is 0. The molecule has 1 heterocycles. The van der Waals surface area contributed by atoms with Crippen LogP contribution < -0.4 is 0 Å². The maximum Gasteiger partial charge on any atom is 0.494 e. The van der Waals surface area contributed by atoms with Gasteiger partial charge in [0.25, 0.3) is 0 Å². The lowest BCUT2D eigenvalue weighted by atomic mass is 9.79. The third-order valence-corrected chi connectivity index (χ3v) is 2.41. The van der Waals surface area contributed by atoms with Crippen LogP contribution in [0.15, 0.2) is 23.7 Å². The highest BCUT2D eigenvalue weighted by Crippen LogP contribution is 2.23. The van der Waals surface area contributed by atoms with Crippen molar-refractivity contribution in [3.63, 3.8) is 0 Å². The van der Waals surface area contributed by atoms with Crippen LogP contribution >= 0.6 is 0 Å². The average Bonchev–Trinajstić information content (AvgIpc) is 2.61. The Hall–Kier alpha value is -0.535. The van der Waals surface area contributed by atoms with E-state index in [1.165, 1.54) is 5.47 Å². The highest BCUT2D eigenvalue weighted by Gasteiger charge is 2.36. The molecule has 0 saturated carbocycles. The van der Waals surface area contributed by atoms with Gasteiger partial charge >= 0.3 is 7.12 Å². The molecule has 0 N–H and O–H groups in total. The fraction of sp³-hybridized carbons (Fsp3) is 0.556. The second-order valence-electron chi connectivity index (χ2n) is 3.36. The monoisotopic (exact) mass is 164 g/mol. The summed E-state index contributed by atoms with van der Waals surface area (Å²) in [6, 6.07) is 0. The number of hydrogen-bond acceptors (Lipinski definition) is 2. The molecule has 2 rings (SSSR count). The zero-order valence-corrected chi connectivity index (χ0v) is 7.49. The van der Waals surface area contributed by atoms with Crippen LogP contribution in [0.1, 0.15) is 20.3 Å². The van der Waals surface area contributed by atoms with E-state index in [-0.39, 0.29) is 19.3 Å². The van der Waals surface area contributed by atoms with E-state index in [0.717, 1.165) is 6.42 Å². The van der Waals surface area contributed by atoms with E-state index in [4.69, 9.17) is 9.31 Å². The van der Waals surface area contributed by atoms with Gasteiger partial charge in [0.1, 0.15) is 0 Å². The summed E-state index contributed by atoms with van der Waals surface area (Å²) in [4.78, 5) is 0. The lowest BCUT2D eigenvalue weighted by Gasteiger charge is -2.04. The van der Waals surface area contributed by atoms with Crippen LogP contribution in [0.4, 0.5) is 0 Å². The maximum atomic E-state index is 5.62. The molecular weight excluding hydrogens is 151 g/mol. The van der Waals surface area contributed by atoms with E-state index in [1.807, 2.05) is 13.8 Å². The first kappa shape index (κ1) is 8.08. The summed E-state index contributed by atoms with van der Waals surface area (Å²) in [6.07, 6.45) is 7.79. The molecule has 0 radical (unpaired) electrons. The van der Waals surface area contributed by atoms with Gasteiger partial charge in [-0.25, -0.2) is 0 Å². The smallest absolute Gasteiger partial charge is 0.402 e. The van der Waals surface area contributed by atoms with Gasteiger partial charge in [0.05, 0.1) is 12.2 Å². The molecule has 2 nitrogen and oxygen atoms in total. The van der Waals surface area contributed by atoms with Gasteiger partial charge in [-0.05, 0) is 25.7 Å². The maximum absolute atomic E-state index is 5.62. The molecule has 0 aromatic carbocycles. The lowest BCUT2D eigenvalue weighted by molar-refractivity contribution is 0.187. The molecular formula is C9H13BO2. The van der Waals surface area contributed by atoms with Gasteiger partial charge in [0.15, 0.2) is 0 Å². The second-order valence-corrected chi connectivity index (χ2v) is 3.36. The minimum atomic E-state index is -0.117. The summed E-state index contributed by atoms with van der Waals surface area (Å²) in [6.45, 7) is 4.09. The Kier molecular flexibility index (Phi) is 2.07. The van der Waals surface area contributed by atoms with Crippen molar-refractivity contribution in [3.05, 3.63) is 23.7 Å². The van der Waals surface area contributed by atoms with Crippen LogP contribution in [0.25, 0.3) is 0 Å². The van der Waals surface area contributed by atoms with Crippen molar-refractivity contribution in [3.8, 4) is 0 Å². The van der Waals surface area contributed by atoms with Crippen LogP contribution in [0.3, 0.4) is 0 Å². The third kappa shape index (κ3) is 1.34. The van der Waals surface area contributed by atoms with Crippen LogP contribution in [-0.2, 0) is 9.31 Å². The molecule has 2 atom stereocenters. The minimum absolute atomic E-state index is 0.117. The topological polar surface area (TPSA) is 18.5 Å². The van der Waals surface area contributed by atoms with E-state index < -0.39 is 0 Å². The molecule has 0 aromatic rings. The minimum Gasteiger partial charge on any atom is -0.402 e. The molecule has 3 heteroatoms. The zero-order valence-electron chi connectivity index (χ0n) is 7.49. The molecule has 1 aliphatic carbocycles. The first-order chi connectivity index (χ1) is 5.77. The number of allylic oxidation sites excluding steroid dienone is 4. The predicted octanol–water partition coefficient (Wildman–Crippen LogP) is 1.72. The Labute approximate surface area is 73.4 Å². The van der Waals surface area contributed by atoms with E-state index >= 15 is 0 Å². The lowest BCUT2D eigenvalue weighted by Crippen LogP contribution is -2.17. The summed E-state index contributed by atoms with van der Waals surface area (Å²) < 4.78 is 11.2. The Morgan fingerprint density at radius 1 is 1.33 bits per heavy atom. The molecule has 0 unspecified atom stereocenters. The van der Waals surface area contributed by atoms with E-state index in [0.29, 0.717) is 0 Å². The standard InChI is InChI=1S/C9H13BO2/c1-7-8(2)12-10(11-7)9-5-3-4-6-9/h3,5-8H,4H2,1-2H3/t7-,8+. The van der Waals surface area contributed by atoms with Crippen LogP contribution in [-0.4, -0.2) is 19.3 Å². The highest BCUT2D eigenvalue weighted by atomic mass is 16.7. The quantitative estimate of drug-likeness (QED) is 0.549. The van der Waals surface area contributed by atoms with Crippen molar-refractivity contribution in [1.29, 1.82) is 0 Å². The fourth-order valence-electron chi connectivity index (χ4n) is 1.45. The molecule has 0 bridgehead atoms. The number of rotatable bonds is 1. The molecule has 1 aliphatic heterocycles. The summed E-state index contributed by atoms with van der Waals surface area (Å²) in [5.74, 6) is 0. The van der Waals surface area contributed by atoms with Crippen molar-refractivity contribution in [2.75, 3.05) is 0 Å². The first-order valence-electron chi connectivity index (χ1n) is 4.45. The van der Waals surface area contributed by atoms with Crippen molar-refractivity contribution in [1.82, 2.24) is 0 Å². The Balaban J connectivity index is 2.03. The van der Waals surface area contributed by atoms with Gasteiger partial charge in [0, 0.05) is 0 Å². The average molecular weight is 164 g/mol. The molecule has 0 aromatic heterocycles. The molecule has 12 heavy (non-hydrogen) atoms. The van der Waals surface area contributed by atoms with Gasteiger partial charge < -0.3 is 9.31 Å². The van der Waals surface area contributed by atoms with Gasteiger partial charge in [0.2, 0.25) is 0 Å². The van der Waals surface area contributed by atoms with Gasteiger partial charge in [-0.15, -0.1) is 0 Å². The van der Waals surface area contributed by atoms with Crippen molar-refractivity contribution < 1.29 is 9.31 Å². The van der Waals surface area contributed by atoms with E-state index in [9.17, 15) is 0 Å². The fourth-order valence-corrected chi connectivity index (χ4v) is 1.45. The molecule has 0 spiro atoms. The Morgan fingerprint density at radius 2 is 2.00 bits per heavy atom. The Morgan fingerprint density at radius 3 is 2.50 bits per heavy atom. The summed E-state index contributed by atoms with van der Waals surface area (Å²) >= 11 is 0. The van der Waals surface area contributed by atoms with Crippen LogP contribution in [0.2, 0.25) is 0 Å². The second kappa shape index (κ2) is 3.07. The van der Waals surface area contributed by atoms with Crippen molar-refractivity contribution in [2.24, 2.45) is 0 Å². The van der Waals surface area contributed by atoms with Crippen molar-refractivity contribution >= 4 is 7.12 Å². The van der Waals surface area contributed by atoms with Crippen molar-refractivity contribution in [2.45, 2.75) is 32.5 Å². The molecule has 2 aliphatic rings. The Bertz CT molecular complexity index is 225. The van der Waals surface area contributed by atoms with E-state index in [2.05, 4.69) is 18.2 Å². The highest BCUT2D eigenvalue weighted by molar-refractivity contribution is 6.55. The normalized spacial score (nSPS) is 34.5. The molecule has 1 saturated heterocycles. The summed E-state index contributed by atoms with van der Waals surface area (Å²) in [7, 11) is -0.117. The molecule has 64 valence electrons. The van der Waals surface area contributed by atoms with Gasteiger partial charge in [-0.3, -0.25) is 0 Å². The third-order valence-electron chi connectivity index (χ3n) is 2.41. The van der Waals surface area contributed by atoms with Crippen LogP contribution in [0.5, 0.6) is 0 Å². The number of hydrogen-bond donors (Lipinski definition) is 0. The van der Waals surface area contributed by atoms with Gasteiger partial charge in [-0.2, -0.15) is 0 Å². The SMILES string of the molecule is C[C@@H]1OB(C2=CCC=C2)O[C@@H]1C. The van der Waals surface area contributed by atoms with E-state index in [1.54, 1.807) is 0 Å². The molecule has 1 fully saturated rings. The van der Waals surface area contributed by atoms with Crippen LogP contribution in [0, 0.1) is 0 Å². The summed E-state index contributed by atoms with van der Waals surface area (Å²) in [5.41, 5.74) is 1.17.